The second-order valence-corrected chi connectivity index (χ2v) is 10.1. The van der Waals surface area contributed by atoms with E-state index < -0.39 is 0 Å². The van der Waals surface area contributed by atoms with Crippen molar-refractivity contribution in [2.45, 2.75) is 25.7 Å². The van der Waals surface area contributed by atoms with E-state index in [4.69, 9.17) is 4.74 Å². The zero-order chi connectivity index (χ0) is 22.9. The topological polar surface area (TPSA) is 64.4 Å². The predicted octanol–water partition coefficient (Wildman–Crippen LogP) is 0.923. The van der Waals surface area contributed by atoms with Gasteiger partial charge in [-0.3, -0.25) is 4.79 Å². The van der Waals surface area contributed by atoms with Crippen LogP contribution in [-0.2, 0) is 22.4 Å². The molecule has 0 unspecified atom stereocenters. The fourth-order valence-electron chi connectivity index (χ4n) is 3.34. The van der Waals surface area contributed by atoms with Crippen molar-refractivity contribution in [2.75, 3.05) is 47.9 Å². The van der Waals surface area contributed by atoms with E-state index in [2.05, 4.69) is 52.7 Å². The van der Waals surface area contributed by atoms with Gasteiger partial charge in [-0.25, -0.2) is 0 Å². The third-order valence-electron chi connectivity index (χ3n) is 5.27. The van der Waals surface area contributed by atoms with Crippen LogP contribution in [0.25, 0.3) is 20.4 Å². The zero-order valence-electron chi connectivity index (χ0n) is 21.4. The Kier molecular flexibility index (Phi) is 14.5. The number of nitrogens with zero attached hydrogens (tertiary/aromatic N) is 2. The molecule has 0 radical (unpaired) electrons. The molecule has 34 heavy (non-hydrogen) atoms. The number of fused-ring (bicyclic) bond motifs is 2. The minimum absolute atomic E-state index is 0. The van der Waals surface area contributed by atoms with Gasteiger partial charge in [0.1, 0.15) is 0 Å². The van der Waals surface area contributed by atoms with Crippen LogP contribution in [0.15, 0.2) is 35.3 Å². The molecule has 5 heterocycles. The Morgan fingerprint density at radius 2 is 1.50 bits per heavy atom. The summed E-state index contributed by atoms with van der Waals surface area (Å²) in [7, 11) is 7.77. The molecule has 2 N–H and O–H groups in total. The molecule has 0 aromatic carbocycles. The summed E-state index contributed by atoms with van der Waals surface area (Å²) < 4.78 is 4.94. The Balaban J connectivity index is 0.000000516. The van der Waals surface area contributed by atoms with E-state index >= 15 is 0 Å². The number of hydrogen-bond donors (Lipinski definition) is 2. The normalized spacial score (nSPS) is 12.4. The molecule has 1 saturated heterocycles. The Morgan fingerprint density at radius 3 is 1.97 bits per heavy atom. The number of carbonyl (C=O) groups is 1. The molecule has 1 fully saturated rings. The van der Waals surface area contributed by atoms with Gasteiger partial charge in [0.25, 0.3) is 0 Å². The van der Waals surface area contributed by atoms with Gasteiger partial charge < -0.3 is 25.9 Å². The van der Waals surface area contributed by atoms with Gasteiger partial charge in [-0.1, -0.05) is 0 Å². The Labute approximate surface area is 234 Å². The van der Waals surface area contributed by atoms with Crippen LogP contribution in [0.3, 0.4) is 0 Å². The van der Waals surface area contributed by atoms with E-state index in [1.807, 2.05) is 11.6 Å². The minimum Gasteiger partial charge on any atom is -1.00 e. The summed E-state index contributed by atoms with van der Waals surface area (Å²) in [5, 5.41) is 6.74. The SMILES string of the molecule is C1CCOC1.CN(C)C(=O)Cc1c[nH]c2sccc12.CN(C)CCc1c[nH]c2sccc12.[AlH3].[H-].[Li+]. The molecule has 5 rings (SSSR count). The van der Waals surface area contributed by atoms with E-state index in [0.717, 1.165) is 36.6 Å². The first-order valence-corrected chi connectivity index (χ1v) is 12.7. The van der Waals surface area contributed by atoms with Crippen molar-refractivity contribution in [3.8, 4) is 0 Å². The average Bonchev–Trinajstić information content (AvgIpc) is 3.57. The average molecular weight is 513 g/mol. The summed E-state index contributed by atoms with van der Waals surface area (Å²) in [6, 6.07) is 4.25. The predicted molar refractivity (Wildman–Crippen MR) is 148 cm³/mol. The van der Waals surface area contributed by atoms with Crippen LogP contribution in [0.2, 0.25) is 0 Å². The van der Waals surface area contributed by atoms with Gasteiger partial charge in [0, 0.05) is 57.0 Å². The molecule has 0 atom stereocenters. The summed E-state index contributed by atoms with van der Waals surface area (Å²) in [6.07, 6.45) is 8.21. The van der Waals surface area contributed by atoms with Gasteiger partial charge in [-0.05, 0) is 67.4 Å². The number of carbonyl (C=O) groups excluding carboxylic acids is 1. The summed E-state index contributed by atoms with van der Waals surface area (Å²) >= 11 is 3.44. The Bertz CT molecular complexity index is 1100. The molecule has 0 spiro atoms. The first kappa shape index (κ1) is 31.0. The molecule has 4 aromatic heterocycles. The van der Waals surface area contributed by atoms with E-state index in [1.165, 1.54) is 34.0 Å². The smallest absolute Gasteiger partial charge is 1.00 e. The van der Waals surface area contributed by atoms with Crippen LogP contribution in [0.1, 0.15) is 25.4 Å². The second kappa shape index (κ2) is 15.9. The molecule has 0 bridgehead atoms. The molecular weight excluding hydrogens is 474 g/mol. The minimum atomic E-state index is 0. The molecule has 1 aliphatic heterocycles. The number of amides is 1. The molecule has 4 aromatic rings. The fourth-order valence-corrected chi connectivity index (χ4v) is 4.92. The van der Waals surface area contributed by atoms with Gasteiger partial charge in [0.2, 0.25) is 5.91 Å². The maximum atomic E-state index is 11.5. The van der Waals surface area contributed by atoms with Crippen molar-refractivity contribution in [3.63, 3.8) is 0 Å². The number of hydrogen-bond acceptors (Lipinski definition) is 5. The molecule has 182 valence electrons. The molecule has 0 saturated carbocycles. The van der Waals surface area contributed by atoms with Crippen molar-refractivity contribution >= 4 is 66.4 Å². The quantitative estimate of drug-likeness (QED) is 0.391. The largest absolute Gasteiger partial charge is 1.00 e. The van der Waals surface area contributed by atoms with Gasteiger partial charge in [0.15, 0.2) is 17.4 Å². The van der Waals surface area contributed by atoms with Crippen LogP contribution >= 0.6 is 22.7 Å². The summed E-state index contributed by atoms with van der Waals surface area (Å²) in [5.41, 5.74) is 2.52. The Morgan fingerprint density at radius 1 is 0.971 bits per heavy atom. The summed E-state index contributed by atoms with van der Waals surface area (Å²) in [6.45, 7) is 3.11. The maximum absolute atomic E-state index is 11.5. The van der Waals surface area contributed by atoms with Crippen LogP contribution in [0.5, 0.6) is 0 Å². The second-order valence-electron chi connectivity index (χ2n) is 8.29. The number of aromatic nitrogens is 2. The number of likely N-dealkylation sites (N-methyl/N-ethyl adjacent to an activating group) is 2. The van der Waals surface area contributed by atoms with Crippen LogP contribution < -0.4 is 18.9 Å². The third kappa shape index (κ3) is 9.22. The van der Waals surface area contributed by atoms with Crippen molar-refractivity contribution in [1.82, 2.24) is 19.8 Å². The first-order valence-electron chi connectivity index (χ1n) is 10.9. The summed E-state index contributed by atoms with van der Waals surface area (Å²) in [5.74, 6) is 0.136. The van der Waals surface area contributed by atoms with Crippen molar-refractivity contribution < 1.29 is 29.8 Å². The van der Waals surface area contributed by atoms with Crippen molar-refractivity contribution in [3.05, 3.63) is 46.4 Å². The van der Waals surface area contributed by atoms with Gasteiger partial charge in [0.05, 0.1) is 16.1 Å². The molecule has 10 heteroatoms. The van der Waals surface area contributed by atoms with Gasteiger partial charge in [-0.2, -0.15) is 0 Å². The Hall–Kier alpha value is -1.00. The van der Waals surface area contributed by atoms with Gasteiger partial charge in [-0.15, -0.1) is 22.7 Å². The maximum Gasteiger partial charge on any atom is 1.00 e. The van der Waals surface area contributed by atoms with Crippen LogP contribution in [-0.4, -0.2) is 91.0 Å². The first-order chi connectivity index (χ1) is 15.5. The fraction of sp³-hybridized carbons (Fsp3) is 0.458. The van der Waals surface area contributed by atoms with E-state index in [0.29, 0.717) is 6.42 Å². The number of H-pyrrole nitrogens is 2. The molecule has 0 aliphatic carbocycles. The third-order valence-corrected chi connectivity index (χ3v) is 6.96. The molecule has 6 nitrogen and oxygen atoms in total. The number of thiophene rings is 2. The molecule has 1 amide bonds. The molecular formula is C24H38AlLiN4O2S2. The summed E-state index contributed by atoms with van der Waals surface area (Å²) in [4.78, 5) is 24.2. The van der Waals surface area contributed by atoms with Crippen LogP contribution in [0.4, 0.5) is 0 Å². The standard InChI is InChI=1S/C10H12N2OS.C10H14N2S.C4H8O.Al.Li.4H/c1-12(2)9(13)5-7-6-11-10-8(7)3-4-14-10;1-12(2)5-3-8-7-11-10-9(8)4-6-13-10;1-2-4-5-3-1;;;;;;/h3-4,6,11H,5H2,1-2H3;4,6-7,11H,3,5H2,1-2H3;1-4H2;;;;;;/q;;;;+1;;;;-1. The van der Waals surface area contributed by atoms with Crippen molar-refractivity contribution in [1.29, 1.82) is 0 Å². The van der Waals surface area contributed by atoms with E-state index in [1.54, 1.807) is 41.7 Å². The van der Waals surface area contributed by atoms with Gasteiger partial charge >= 0.3 is 18.9 Å². The molecule has 1 aliphatic rings. The number of nitrogens with one attached hydrogen (secondary N) is 2. The van der Waals surface area contributed by atoms with Crippen molar-refractivity contribution in [2.24, 2.45) is 0 Å². The van der Waals surface area contributed by atoms with E-state index in [-0.39, 0.29) is 43.6 Å². The van der Waals surface area contributed by atoms with Crippen LogP contribution in [0, 0.1) is 0 Å². The number of rotatable bonds is 5. The monoisotopic (exact) mass is 512 g/mol. The number of ether oxygens (including phenoxy) is 1. The zero-order valence-corrected chi connectivity index (χ0v) is 22.1. The van der Waals surface area contributed by atoms with E-state index in [9.17, 15) is 4.79 Å². The number of aromatic amines is 2.